The van der Waals surface area contributed by atoms with Crippen molar-refractivity contribution in [2.24, 2.45) is 0 Å². The molecule has 2 rings (SSSR count). The molecule has 0 radical (unpaired) electrons. The van der Waals surface area contributed by atoms with Crippen LogP contribution >= 0.6 is 15.9 Å². The maximum atomic E-state index is 4.21. The minimum atomic E-state index is 0.794. The topological polar surface area (TPSA) is 30.2 Å². The number of halogens is 1. The molecule has 2 heterocycles. The Morgan fingerprint density at radius 1 is 1.55 bits per heavy atom. The van der Waals surface area contributed by atoms with Crippen molar-refractivity contribution in [3.05, 3.63) is 28.9 Å². The van der Waals surface area contributed by atoms with Crippen molar-refractivity contribution in [3.8, 4) is 0 Å². The molecule has 2 aromatic heterocycles. The second-order valence-corrected chi connectivity index (χ2v) is 3.08. The maximum absolute atomic E-state index is 4.21. The molecule has 4 heteroatoms. The standard InChI is InChI=1S/C7H6BrN3/c1-5-4-11-3-2-9-7(11)6(8)10-5/h2-4H,1H3. The Labute approximate surface area is 72.2 Å². The normalized spacial score (nSPS) is 10.7. The van der Waals surface area contributed by atoms with Crippen molar-refractivity contribution >= 4 is 21.6 Å². The fourth-order valence-electron chi connectivity index (χ4n) is 1.01. The van der Waals surface area contributed by atoms with E-state index >= 15 is 0 Å². The van der Waals surface area contributed by atoms with Crippen LogP contribution in [-0.2, 0) is 0 Å². The molecule has 2 aromatic rings. The summed E-state index contributed by atoms with van der Waals surface area (Å²) in [7, 11) is 0. The van der Waals surface area contributed by atoms with Gasteiger partial charge in [-0.05, 0) is 22.9 Å². The molecule has 0 bridgehead atoms. The minimum Gasteiger partial charge on any atom is -0.303 e. The summed E-state index contributed by atoms with van der Waals surface area (Å²) in [5, 5.41) is 0. The molecule has 0 saturated heterocycles. The third kappa shape index (κ3) is 1.03. The molecule has 0 fully saturated rings. The number of nitrogens with zero attached hydrogens (tertiary/aromatic N) is 3. The number of hydrogen-bond acceptors (Lipinski definition) is 2. The molecular formula is C7H6BrN3. The summed E-state index contributed by atoms with van der Waals surface area (Å²) in [6.07, 6.45) is 5.59. The van der Waals surface area contributed by atoms with Gasteiger partial charge in [-0.3, -0.25) is 0 Å². The molecule has 0 aliphatic rings. The molecule has 11 heavy (non-hydrogen) atoms. The van der Waals surface area contributed by atoms with Crippen molar-refractivity contribution in [2.75, 3.05) is 0 Å². The first-order valence-electron chi connectivity index (χ1n) is 3.23. The van der Waals surface area contributed by atoms with Gasteiger partial charge in [-0.1, -0.05) is 0 Å². The highest BCUT2D eigenvalue weighted by Gasteiger charge is 2.00. The summed E-state index contributed by atoms with van der Waals surface area (Å²) in [4.78, 5) is 8.32. The van der Waals surface area contributed by atoms with Crippen LogP contribution < -0.4 is 0 Å². The quantitative estimate of drug-likeness (QED) is 0.666. The average Bonchev–Trinajstić information content (AvgIpc) is 2.34. The number of aromatic nitrogens is 3. The SMILES string of the molecule is Cc1cn2ccnc2c(Br)n1. The second-order valence-electron chi connectivity index (χ2n) is 2.33. The number of hydrogen-bond donors (Lipinski definition) is 0. The number of fused-ring (bicyclic) bond motifs is 1. The van der Waals surface area contributed by atoms with Crippen molar-refractivity contribution in [3.63, 3.8) is 0 Å². The van der Waals surface area contributed by atoms with Crippen LogP contribution in [0.5, 0.6) is 0 Å². The van der Waals surface area contributed by atoms with Gasteiger partial charge in [0.2, 0.25) is 0 Å². The van der Waals surface area contributed by atoms with E-state index in [9.17, 15) is 0 Å². The van der Waals surface area contributed by atoms with Crippen molar-refractivity contribution < 1.29 is 0 Å². The molecule has 3 nitrogen and oxygen atoms in total. The van der Waals surface area contributed by atoms with E-state index in [1.165, 1.54) is 0 Å². The molecule has 0 aliphatic heterocycles. The number of rotatable bonds is 0. The van der Waals surface area contributed by atoms with Crippen molar-refractivity contribution in [1.82, 2.24) is 14.4 Å². The van der Waals surface area contributed by atoms with Gasteiger partial charge in [-0.2, -0.15) is 0 Å². The lowest BCUT2D eigenvalue weighted by Crippen LogP contribution is -1.90. The monoisotopic (exact) mass is 211 g/mol. The maximum Gasteiger partial charge on any atom is 0.170 e. The third-order valence-electron chi connectivity index (χ3n) is 1.45. The molecule has 0 saturated carbocycles. The summed E-state index contributed by atoms with van der Waals surface area (Å²) in [5.74, 6) is 0. The van der Waals surface area contributed by atoms with Crippen LogP contribution in [-0.4, -0.2) is 14.4 Å². The van der Waals surface area contributed by atoms with E-state index in [4.69, 9.17) is 0 Å². The zero-order chi connectivity index (χ0) is 7.84. The lowest BCUT2D eigenvalue weighted by Gasteiger charge is -1.96. The largest absolute Gasteiger partial charge is 0.303 e. The van der Waals surface area contributed by atoms with Crippen LogP contribution in [0.2, 0.25) is 0 Å². The van der Waals surface area contributed by atoms with Gasteiger partial charge in [0.05, 0.1) is 5.69 Å². The fraction of sp³-hybridized carbons (Fsp3) is 0.143. The van der Waals surface area contributed by atoms with Gasteiger partial charge in [0.1, 0.15) is 4.60 Å². The summed E-state index contributed by atoms with van der Waals surface area (Å²) < 4.78 is 2.73. The van der Waals surface area contributed by atoms with Crippen LogP contribution in [0.1, 0.15) is 5.69 Å². The molecule has 0 unspecified atom stereocenters. The summed E-state index contributed by atoms with van der Waals surface area (Å²) in [6, 6.07) is 0. The van der Waals surface area contributed by atoms with E-state index < -0.39 is 0 Å². The first-order chi connectivity index (χ1) is 5.27. The molecule has 0 spiro atoms. The van der Waals surface area contributed by atoms with Crippen LogP contribution in [0.3, 0.4) is 0 Å². The van der Waals surface area contributed by atoms with Gasteiger partial charge in [-0.25, -0.2) is 9.97 Å². The van der Waals surface area contributed by atoms with E-state index in [0.717, 1.165) is 15.9 Å². The highest BCUT2D eigenvalue weighted by molar-refractivity contribution is 9.10. The molecule has 56 valence electrons. The van der Waals surface area contributed by atoms with Gasteiger partial charge in [-0.15, -0.1) is 0 Å². The number of imidazole rings is 1. The zero-order valence-electron chi connectivity index (χ0n) is 5.95. The predicted molar refractivity (Wildman–Crippen MR) is 45.4 cm³/mol. The van der Waals surface area contributed by atoms with E-state index in [2.05, 4.69) is 25.9 Å². The Morgan fingerprint density at radius 2 is 2.36 bits per heavy atom. The van der Waals surface area contributed by atoms with E-state index in [1.54, 1.807) is 6.20 Å². The lowest BCUT2D eigenvalue weighted by atomic mass is 10.5. The Bertz CT molecular complexity index is 393. The highest BCUT2D eigenvalue weighted by Crippen LogP contribution is 2.13. The van der Waals surface area contributed by atoms with Gasteiger partial charge in [0.25, 0.3) is 0 Å². The molecule has 0 atom stereocenters. The van der Waals surface area contributed by atoms with Gasteiger partial charge < -0.3 is 4.40 Å². The van der Waals surface area contributed by atoms with Gasteiger partial charge in [0, 0.05) is 18.6 Å². The molecule has 0 aliphatic carbocycles. The second kappa shape index (κ2) is 2.30. The van der Waals surface area contributed by atoms with Crippen LogP contribution in [0, 0.1) is 6.92 Å². The minimum absolute atomic E-state index is 0.794. The Balaban J connectivity index is 2.91. The third-order valence-corrected chi connectivity index (χ3v) is 1.99. The summed E-state index contributed by atoms with van der Waals surface area (Å²) >= 11 is 3.33. The molecule has 0 N–H and O–H groups in total. The molecular weight excluding hydrogens is 206 g/mol. The van der Waals surface area contributed by atoms with Crippen molar-refractivity contribution in [1.29, 1.82) is 0 Å². The van der Waals surface area contributed by atoms with E-state index in [1.807, 2.05) is 23.7 Å². The number of aryl methyl sites for hydroxylation is 1. The summed E-state index contributed by atoms with van der Waals surface area (Å²) in [6.45, 7) is 1.95. The fourth-order valence-corrected chi connectivity index (χ4v) is 1.60. The molecule has 0 aromatic carbocycles. The Kier molecular flexibility index (Phi) is 1.42. The predicted octanol–water partition coefficient (Wildman–Crippen LogP) is 1.80. The Morgan fingerprint density at radius 3 is 3.18 bits per heavy atom. The van der Waals surface area contributed by atoms with Crippen LogP contribution in [0.4, 0.5) is 0 Å². The van der Waals surface area contributed by atoms with Crippen LogP contribution in [0.15, 0.2) is 23.2 Å². The first kappa shape index (κ1) is 6.79. The lowest BCUT2D eigenvalue weighted by molar-refractivity contribution is 1.05. The van der Waals surface area contributed by atoms with Gasteiger partial charge in [0.15, 0.2) is 5.65 Å². The summed E-state index contributed by atoms with van der Waals surface area (Å²) in [5.41, 5.74) is 1.83. The van der Waals surface area contributed by atoms with Crippen LogP contribution in [0.25, 0.3) is 5.65 Å². The highest BCUT2D eigenvalue weighted by atomic mass is 79.9. The van der Waals surface area contributed by atoms with Crippen molar-refractivity contribution in [2.45, 2.75) is 6.92 Å². The smallest absolute Gasteiger partial charge is 0.170 e. The first-order valence-corrected chi connectivity index (χ1v) is 4.02. The molecule has 0 amide bonds. The van der Waals surface area contributed by atoms with E-state index in [-0.39, 0.29) is 0 Å². The van der Waals surface area contributed by atoms with Gasteiger partial charge >= 0.3 is 0 Å². The zero-order valence-corrected chi connectivity index (χ0v) is 7.54. The average molecular weight is 212 g/mol. The van der Waals surface area contributed by atoms with E-state index in [0.29, 0.717) is 0 Å². The Hall–Kier alpha value is -0.900.